The Hall–Kier alpha value is -2.86. The van der Waals surface area contributed by atoms with E-state index in [1.807, 2.05) is 31.4 Å². The van der Waals surface area contributed by atoms with Gasteiger partial charge in [-0.05, 0) is 44.4 Å². The van der Waals surface area contributed by atoms with Gasteiger partial charge >= 0.3 is 0 Å². The maximum absolute atomic E-state index is 12.1. The van der Waals surface area contributed by atoms with Crippen LogP contribution in [0.1, 0.15) is 5.56 Å². The normalized spacial score (nSPS) is 11.7. The van der Waals surface area contributed by atoms with Gasteiger partial charge in [0.2, 0.25) is 5.91 Å². The number of rotatable bonds is 6. The van der Waals surface area contributed by atoms with Crippen molar-refractivity contribution in [1.82, 2.24) is 19.2 Å². The second-order valence-corrected chi connectivity index (χ2v) is 6.36. The van der Waals surface area contributed by atoms with Crippen molar-refractivity contribution in [2.45, 2.75) is 6.54 Å². The van der Waals surface area contributed by atoms with E-state index in [0.29, 0.717) is 0 Å². The van der Waals surface area contributed by atoms with Crippen LogP contribution in [0.5, 0.6) is 0 Å². The molecule has 0 aliphatic rings. The minimum absolute atomic E-state index is 0.157. The minimum atomic E-state index is -0.157. The van der Waals surface area contributed by atoms with Crippen LogP contribution in [-0.2, 0) is 18.4 Å². The van der Waals surface area contributed by atoms with E-state index in [1.165, 1.54) is 11.6 Å². The molecule has 0 saturated heterocycles. The van der Waals surface area contributed by atoms with Gasteiger partial charge in [-0.25, -0.2) is 0 Å². The Kier molecular flexibility index (Phi) is 5.00. The second kappa shape index (κ2) is 7.36. The van der Waals surface area contributed by atoms with Gasteiger partial charge in [0, 0.05) is 60.8 Å². The van der Waals surface area contributed by atoms with E-state index in [-0.39, 0.29) is 5.91 Å². The summed E-state index contributed by atoms with van der Waals surface area (Å²) < 4.78 is 3.93. The predicted octanol–water partition coefficient (Wildman–Crippen LogP) is 2.59. The molecule has 0 bridgehead atoms. The number of aryl methyl sites for hydroxylation is 1. The van der Waals surface area contributed by atoms with Crippen molar-refractivity contribution < 1.29 is 4.79 Å². The Morgan fingerprint density at radius 2 is 2.16 bits per heavy atom. The van der Waals surface area contributed by atoms with E-state index in [2.05, 4.69) is 46.2 Å². The summed E-state index contributed by atoms with van der Waals surface area (Å²) in [5.74, 6) is -0.157. The quantitative estimate of drug-likeness (QED) is 0.704. The zero-order valence-corrected chi connectivity index (χ0v) is 14.8. The van der Waals surface area contributed by atoms with Crippen LogP contribution >= 0.6 is 0 Å². The summed E-state index contributed by atoms with van der Waals surface area (Å²) in [7, 11) is 5.98. The summed E-state index contributed by atoms with van der Waals surface area (Å²) in [5.41, 5.74) is 2.86. The summed E-state index contributed by atoms with van der Waals surface area (Å²) in [4.78, 5) is 14.2. The first-order valence-corrected chi connectivity index (χ1v) is 8.22. The van der Waals surface area contributed by atoms with Crippen LogP contribution in [0.4, 0.5) is 5.69 Å². The number of hydrogen-bond donors (Lipinski definition) is 1. The third kappa shape index (κ3) is 4.36. The molecule has 6 heteroatoms. The number of carbonyl (C=O) groups is 1. The first-order chi connectivity index (χ1) is 12.0. The molecule has 0 aliphatic carbocycles. The third-order valence-electron chi connectivity index (χ3n) is 3.98. The van der Waals surface area contributed by atoms with Crippen molar-refractivity contribution >= 4 is 28.6 Å². The number of amides is 1. The highest BCUT2D eigenvalue weighted by Crippen LogP contribution is 2.20. The molecule has 3 aromatic rings. The number of hydrogen-bond acceptors (Lipinski definition) is 3. The molecule has 2 heterocycles. The van der Waals surface area contributed by atoms with Crippen LogP contribution in [0.15, 0.2) is 48.9 Å². The molecule has 130 valence electrons. The van der Waals surface area contributed by atoms with Gasteiger partial charge in [-0.1, -0.05) is 0 Å². The Bertz CT molecular complexity index is 904. The third-order valence-corrected chi connectivity index (χ3v) is 3.98. The van der Waals surface area contributed by atoms with Crippen molar-refractivity contribution in [3.05, 3.63) is 54.5 Å². The zero-order chi connectivity index (χ0) is 17.8. The number of carbonyl (C=O) groups excluding carboxylic acids is 1. The van der Waals surface area contributed by atoms with Gasteiger partial charge in [0.05, 0.1) is 6.20 Å². The van der Waals surface area contributed by atoms with Crippen LogP contribution in [0.2, 0.25) is 0 Å². The molecular formula is C19H23N5O. The standard InChI is InChI=1S/C19H23N5O/c1-22(2)10-11-24-9-8-16-12-17(5-6-18(16)24)21-19(25)7-4-15-13-20-23(3)14-15/h4-9,12-14H,10-11H2,1-3H3,(H,21,25)/b7-4+. The second-order valence-electron chi connectivity index (χ2n) is 6.36. The van der Waals surface area contributed by atoms with Gasteiger partial charge in [-0.15, -0.1) is 0 Å². The summed E-state index contributed by atoms with van der Waals surface area (Å²) in [5, 5.41) is 8.09. The molecule has 6 nitrogen and oxygen atoms in total. The number of likely N-dealkylation sites (N-methyl/N-ethyl adjacent to an activating group) is 1. The minimum Gasteiger partial charge on any atom is -0.346 e. The molecule has 1 N–H and O–H groups in total. The van der Waals surface area contributed by atoms with E-state index in [9.17, 15) is 4.79 Å². The smallest absolute Gasteiger partial charge is 0.248 e. The van der Waals surface area contributed by atoms with Crippen molar-refractivity contribution in [3.8, 4) is 0 Å². The van der Waals surface area contributed by atoms with Crippen LogP contribution in [-0.4, -0.2) is 45.8 Å². The molecule has 0 aliphatic heterocycles. The molecule has 1 aromatic carbocycles. The van der Waals surface area contributed by atoms with Gasteiger partial charge < -0.3 is 14.8 Å². The van der Waals surface area contributed by atoms with Gasteiger partial charge in [0.25, 0.3) is 0 Å². The maximum atomic E-state index is 12.1. The molecular weight excluding hydrogens is 314 g/mol. The largest absolute Gasteiger partial charge is 0.346 e. The Balaban J connectivity index is 1.67. The fourth-order valence-corrected chi connectivity index (χ4v) is 2.66. The Morgan fingerprint density at radius 3 is 2.88 bits per heavy atom. The number of fused-ring (bicyclic) bond motifs is 1. The maximum Gasteiger partial charge on any atom is 0.248 e. The molecule has 0 spiro atoms. The van der Waals surface area contributed by atoms with E-state index in [0.717, 1.165) is 29.7 Å². The highest BCUT2D eigenvalue weighted by atomic mass is 16.1. The summed E-state index contributed by atoms with van der Waals surface area (Å²) in [6, 6.07) is 8.05. The van der Waals surface area contributed by atoms with Crippen molar-refractivity contribution in [1.29, 1.82) is 0 Å². The van der Waals surface area contributed by atoms with Gasteiger partial charge in [0.1, 0.15) is 0 Å². The lowest BCUT2D eigenvalue weighted by Crippen LogP contribution is -2.17. The highest BCUT2D eigenvalue weighted by molar-refractivity contribution is 6.02. The molecule has 0 radical (unpaired) electrons. The van der Waals surface area contributed by atoms with E-state index in [4.69, 9.17) is 0 Å². The van der Waals surface area contributed by atoms with Crippen molar-refractivity contribution in [2.24, 2.45) is 7.05 Å². The number of anilines is 1. The fraction of sp³-hybridized carbons (Fsp3) is 0.263. The molecule has 3 rings (SSSR count). The zero-order valence-electron chi connectivity index (χ0n) is 14.8. The van der Waals surface area contributed by atoms with E-state index < -0.39 is 0 Å². The van der Waals surface area contributed by atoms with Crippen LogP contribution in [0, 0.1) is 0 Å². The lowest BCUT2D eigenvalue weighted by molar-refractivity contribution is -0.111. The summed E-state index contributed by atoms with van der Waals surface area (Å²) in [6.45, 7) is 1.93. The molecule has 25 heavy (non-hydrogen) atoms. The lowest BCUT2D eigenvalue weighted by atomic mass is 10.2. The molecule has 0 fully saturated rings. The Labute approximate surface area is 147 Å². The Morgan fingerprint density at radius 1 is 1.32 bits per heavy atom. The number of benzene rings is 1. The van der Waals surface area contributed by atoms with Gasteiger partial charge in [-0.3, -0.25) is 9.48 Å². The molecule has 0 unspecified atom stereocenters. The number of nitrogens with one attached hydrogen (secondary N) is 1. The molecule has 2 aromatic heterocycles. The topological polar surface area (TPSA) is 55.1 Å². The van der Waals surface area contributed by atoms with Crippen molar-refractivity contribution in [2.75, 3.05) is 26.0 Å². The SMILES string of the molecule is CN(C)CCn1ccc2cc(NC(=O)/C=C/c3cnn(C)c3)ccc21. The van der Waals surface area contributed by atoms with Crippen LogP contribution < -0.4 is 5.32 Å². The lowest BCUT2D eigenvalue weighted by Gasteiger charge is -2.11. The molecule has 1 amide bonds. The predicted molar refractivity (Wildman–Crippen MR) is 101 cm³/mol. The first-order valence-electron chi connectivity index (χ1n) is 8.22. The average molecular weight is 337 g/mol. The average Bonchev–Trinajstić information content (AvgIpc) is 3.16. The number of aromatic nitrogens is 3. The molecule has 0 atom stereocenters. The van der Waals surface area contributed by atoms with E-state index in [1.54, 1.807) is 17.0 Å². The van der Waals surface area contributed by atoms with Gasteiger partial charge in [0.15, 0.2) is 0 Å². The highest BCUT2D eigenvalue weighted by Gasteiger charge is 2.04. The van der Waals surface area contributed by atoms with Crippen LogP contribution in [0.3, 0.4) is 0 Å². The summed E-state index contributed by atoms with van der Waals surface area (Å²) >= 11 is 0. The fourth-order valence-electron chi connectivity index (χ4n) is 2.66. The van der Waals surface area contributed by atoms with E-state index >= 15 is 0 Å². The monoisotopic (exact) mass is 337 g/mol. The first kappa shape index (κ1) is 17.0. The van der Waals surface area contributed by atoms with Gasteiger partial charge in [-0.2, -0.15) is 5.10 Å². The van der Waals surface area contributed by atoms with Crippen LogP contribution in [0.25, 0.3) is 17.0 Å². The summed E-state index contributed by atoms with van der Waals surface area (Å²) in [6.07, 6.45) is 8.92. The number of nitrogens with zero attached hydrogens (tertiary/aromatic N) is 4. The van der Waals surface area contributed by atoms with Crippen molar-refractivity contribution in [3.63, 3.8) is 0 Å². The molecule has 0 saturated carbocycles.